The van der Waals surface area contributed by atoms with Crippen LogP contribution in [0.3, 0.4) is 0 Å². The number of nitrogens with zero attached hydrogens (tertiary/aromatic N) is 1. The molecule has 0 radical (unpaired) electrons. The average Bonchev–Trinajstić information content (AvgIpc) is 3.31. The first-order valence-electron chi connectivity index (χ1n) is 14.8. The lowest BCUT2D eigenvalue weighted by molar-refractivity contribution is -0.196. The average molecular weight is 639 g/mol. The molecule has 44 heavy (non-hydrogen) atoms. The third-order valence-electron chi connectivity index (χ3n) is 8.96. The summed E-state index contributed by atoms with van der Waals surface area (Å²) in [6, 6.07) is -6.15. The highest BCUT2D eigenvalue weighted by molar-refractivity contribution is 5.94. The van der Waals surface area contributed by atoms with Gasteiger partial charge in [0.25, 0.3) is 5.92 Å². The minimum atomic E-state index is -5.31. The van der Waals surface area contributed by atoms with Crippen LogP contribution in [0.15, 0.2) is 11.9 Å². The lowest BCUT2D eigenvalue weighted by Crippen LogP contribution is -2.71. The number of piperidine rings is 2. The van der Waals surface area contributed by atoms with Crippen LogP contribution in [0.2, 0.25) is 0 Å². The summed E-state index contributed by atoms with van der Waals surface area (Å²) in [5.41, 5.74) is 0. The molecule has 0 aromatic heterocycles. The zero-order valence-electron chi connectivity index (χ0n) is 24.1. The smallest absolute Gasteiger partial charge is 0.461 e. The molecule has 3 N–H and O–H groups in total. The molecule has 2 bridgehead atoms. The molecule has 16 heteroatoms. The van der Waals surface area contributed by atoms with Gasteiger partial charge in [-0.25, -0.2) is 13.6 Å². The molecule has 3 saturated heterocycles. The van der Waals surface area contributed by atoms with Gasteiger partial charge in [-0.05, 0) is 51.0 Å². The summed E-state index contributed by atoms with van der Waals surface area (Å²) in [6.07, 6.45) is -3.60. The summed E-state index contributed by atoms with van der Waals surface area (Å²) in [7, 11) is 0. The van der Waals surface area contributed by atoms with Crippen LogP contribution < -0.4 is 16.0 Å². The highest BCUT2D eigenvalue weighted by atomic mass is 19.4. The van der Waals surface area contributed by atoms with Crippen molar-refractivity contribution in [2.75, 3.05) is 13.2 Å². The van der Waals surface area contributed by atoms with Gasteiger partial charge in [-0.3, -0.25) is 19.2 Å². The second-order valence-electron chi connectivity index (χ2n) is 11.9. The number of rotatable bonds is 11. The second-order valence-corrected chi connectivity index (χ2v) is 11.9. The fourth-order valence-corrected chi connectivity index (χ4v) is 6.59. The lowest BCUT2D eigenvalue weighted by atomic mass is 9.71. The highest BCUT2D eigenvalue weighted by Crippen LogP contribution is 2.49. The topological polar surface area (TPSA) is 134 Å². The molecule has 0 unspecified atom stereocenters. The summed E-state index contributed by atoms with van der Waals surface area (Å²) in [4.78, 5) is 64.4. The number of nitrogens with one attached hydrogen (secondary N) is 3. The van der Waals surface area contributed by atoms with Crippen molar-refractivity contribution in [3.63, 3.8) is 0 Å². The van der Waals surface area contributed by atoms with E-state index in [9.17, 15) is 41.5 Å². The molecule has 0 spiro atoms. The number of halogens is 6. The molecular formula is C28H36F6N4O6. The van der Waals surface area contributed by atoms with Gasteiger partial charge in [0.15, 0.2) is 0 Å². The van der Waals surface area contributed by atoms with E-state index in [1.165, 1.54) is 6.92 Å². The Hall–Kier alpha value is -3.33. The van der Waals surface area contributed by atoms with Crippen molar-refractivity contribution < 1.29 is 55.1 Å². The predicted octanol–water partition coefficient (Wildman–Crippen LogP) is 2.67. The third-order valence-corrected chi connectivity index (χ3v) is 8.96. The lowest BCUT2D eigenvalue weighted by Gasteiger charge is -2.54. The van der Waals surface area contributed by atoms with Gasteiger partial charge in [-0.15, -0.1) is 0 Å². The van der Waals surface area contributed by atoms with Gasteiger partial charge in [0.1, 0.15) is 12.1 Å². The number of esters is 1. The van der Waals surface area contributed by atoms with Crippen molar-refractivity contribution in [1.82, 2.24) is 20.9 Å². The van der Waals surface area contributed by atoms with Crippen molar-refractivity contribution in [3.05, 3.63) is 11.9 Å². The normalized spacial score (nSPS) is 28.0. The summed E-state index contributed by atoms with van der Waals surface area (Å²) >= 11 is 0. The zero-order chi connectivity index (χ0) is 32.4. The van der Waals surface area contributed by atoms with E-state index in [1.54, 1.807) is 5.32 Å². The van der Waals surface area contributed by atoms with Gasteiger partial charge in [-0.1, -0.05) is 19.3 Å². The molecule has 5 fully saturated rings. The fraction of sp³-hybridized carbons (Fsp3) is 0.750. The molecule has 2 saturated carbocycles. The predicted molar refractivity (Wildman–Crippen MR) is 140 cm³/mol. The van der Waals surface area contributed by atoms with Gasteiger partial charge >= 0.3 is 18.1 Å². The van der Waals surface area contributed by atoms with Crippen molar-refractivity contribution in [3.8, 4) is 0 Å². The van der Waals surface area contributed by atoms with E-state index >= 15 is 8.78 Å². The Balaban J connectivity index is 1.64. The summed E-state index contributed by atoms with van der Waals surface area (Å²) in [5, 5.41) is 6.69. The number of hydrogen-bond donors (Lipinski definition) is 3. The summed E-state index contributed by atoms with van der Waals surface area (Å²) in [5.74, 6) is -13.7. The van der Waals surface area contributed by atoms with Crippen LogP contribution in [0.25, 0.3) is 0 Å². The van der Waals surface area contributed by atoms with Crippen LogP contribution in [0.5, 0.6) is 0 Å². The van der Waals surface area contributed by atoms with E-state index in [4.69, 9.17) is 0 Å². The number of fused-ring (bicyclic) bond motifs is 3. The van der Waals surface area contributed by atoms with Gasteiger partial charge in [0.05, 0.1) is 18.6 Å². The maximum atomic E-state index is 15.2. The Morgan fingerprint density at radius 2 is 1.80 bits per heavy atom. The molecule has 6 atom stereocenters. The molecule has 10 nitrogen and oxygen atoms in total. The first kappa shape index (κ1) is 33.6. The Bertz CT molecular complexity index is 1180. The molecule has 5 rings (SSSR count). The minimum Gasteiger partial charge on any atom is -0.461 e. The van der Waals surface area contributed by atoms with E-state index in [2.05, 4.69) is 15.4 Å². The molecular weight excluding hydrogens is 602 g/mol. The van der Waals surface area contributed by atoms with Crippen LogP contribution in [0.4, 0.5) is 26.3 Å². The quantitative estimate of drug-likeness (QED) is 0.181. The first-order chi connectivity index (χ1) is 20.6. The molecule has 2 aliphatic carbocycles. The number of amides is 4. The Labute approximate surface area is 249 Å². The van der Waals surface area contributed by atoms with E-state index in [-0.39, 0.29) is 38.2 Å². The third kappa shape index (κ3) is 7.48. The highest BCUT2D eigenvalue weighted by Gasteiger charge is 2.61. The number of carbonyl (C=O) groups excluding carboxylic acids is 5. The number of ether oxygens (including phenoxy) is 1. The van der Waals surface area contributed by atoms with Crippen LogP contribution >= 0.6 is 0 Å². The fourth-order valence-electron chi connectivity index (χ4n) is 6.59. The van der Waals surface area contributed by atoms with Crippen molar-refractivity contribution in [1.29, 1.82) is 0 Å². The van der Waals surface area contributed by atoms with Crippen molar-refractivity contribution in [2.45, 2.75) is 101 Å². The molecule has 246 valence electrons. The monoisotopic (exact) mass is 638 g/mol. The van der Waals surface area contributed by atoms with Crippen molar-refractivity contribution >= 4 is 29.6 Å². The maximum absolute atomic E-state index is 15.2. The van der Waals surface area contributed by atoms with Crippen molar-refractivity contribution in [2.24, 2.45) is 17.8 Å². The maximum Gasteiger partial charge on any atom is 0.471 e. The first-order valence-corrected chi connectivity index (χ1v) is 14.8. The minimum absolute atomic E-state index is 0.0577. The SMILES string of the molecule is CCOC(=O)/C(F)=C/[C@H](C[C@@H]1CCNC1=O)NC(=O)[C@@H]1[C@@H]2CC[C@@H](CC2(F)F)N1C(=O)[C@H](CC1CCC1)NC(=O)C(F)(F)F. The van der Waals surface area contributed by atoms with Crippen LogP contribution in [-0.4, -0.2) is 83.9 Å². The molecule has 4 amide bonds. The van der Waals surface area contributed by atoms with Gasteiger partial charge in [0, 0.05) is 24.9 Å². The Morgan fingerprint density at radius 3 is 2.34 bits per heavy atom. The zero-order valence-corrected chi connectivity index (χ0v) is 24.1. The molecule has 0 aromatic rings. The number of carbonyl (C=O) groups is 5. The van der Waals surface area contributed by atoms with Crippen LogP contribution in [0, 0.1) is 17.8 Å². The Kier molecular flexibility index (Phi) is 10.2. The summed E-state index contributed by atoms with van der Waals surface area (Å²) < 4.78 is 89.1. The molecule has 5 aliphatic rings. The largest absolute Gasteiger partial charge is 0.471 e. The molecule has 3 aliphatic heterocycles. The van der Waals surface area contributed by atoms with Crippen LogP contribution in [-0.2, 0) is 28.7 Å². The Morgan fingerprint density at radius 1 is 1.09 bits per heavy atom. The van der Waals surface area contributed by atoms with Gasteiger partial charge in [-0.2, -0.15) is 17.6 Å². The van der Waals surface area contributed by atoms with Crippen LogP contribution in [0.1, 0.15) is 64.7 Å². The van der Waals surface area contributed by atoms with Gasteiger partial charge < -0.3 is 25.6 Å². The second kappa shape index (κ2) is 13.3. The van der Waals surface area contributed by atoms with E-state index in [1.807, 2.05) is 0 Å². The molecule has 3 heterocycles. The number of hydrogen-bond acceptors (Lipinski definition) is 6. The van der Waals surface area contributed by atoms with Gasteiger partial charge in [0.2, 0.25) is 23.5 Å². The van der Waals surface area contributed by atoms with E-state index < -0.39 is 89.9 Å². The summed E-state index contributed by atoms with van der Waals surface area (Å²) in [6.45, 7) is 1.58. The van der Waals surface area contributed by atoms with E-state index in [0.717, 1.165) is 11.3 Å². The van der Waals surface area contributed by atoms with E-state index in [0.29, 0.717) is 31.9 Å². The molecule has 0 aromatic carbocycles. The standard InChI is InChI=1S/C28H36F6N4O6/c1-2-44-25(42)19(29)12-16(11-15-8-9-35-22(15)39)36-23(40)21-18-7-6-17(13-27(18,30)31)38(21)24(41)20(10-14-4-3-5-14)37-26(43)28(32,33)34/h12,14-18,20-21H,2-11,13H2,1H3,(H,35,39)(H,36,40)(H,37,43)/b19-12-/t15-,16-,17-,18-,20-,21-/m0/s1. The number of alkyl halides is 5.